The van der Waals surface area contributed by atoms with Crippen LogP contribution in [0.25, 0.3) is 0 Å². The number of aliphatic hydroxyl groups excluding tert-OH is 1. The first kappa shape index (κ1) is 24.2. The predicted octanol–water partition coefficient (Wildman–Crippen LogP) is 5.92. The molecule has 4 rings (SSSR count). The van der Waals surface area contributed by atoms with Crippen molar-refractivity contribution in [2.24, 2.45) is 5.41 Å². The zero-order valence-electron chi connectivity index (χ0n) is 17.7. The summed E-state index contributed by atoms with van der Waals surface area (Å²) in [5.74, 6) is -0.404. The monoisotopic (exact) mass is 500 g/mol. The first-order valence-electron chi connectivity index (χ1n) is 10.9. The van der Waals surface area contributed by atoms with E-state index in [2.05, 4.69) is 0 Å². The van der Waals surface area contributed by atoms with E-state index in [4.69, 9.17) is 11.6 Å². The molecular weight excluding hydrogens is 477 g/mol. The van der Waals surface area contributed by atoms with Crippen LogP contribution in [-0.4, -0.2) is 25.5 Å². The smallest absolute Gasteiger partial charge is 0.379 e. The van der Waals surface area contributed by atoms with Crippen molar-refractivity contribution in [1.29, 1.82) is 0 Å². The number of hydrogen-bond donors (Lipinski definition) is 1. The molecule has 2 atom stereocenters. The molecule has 0 radical (unpaired) electrons. The highest BCUT2D eigenvalue weighted by molar-refractivity contribution is 7.93. The number of carbonyl (C=O) groups is 1. The molecule has 2 fully saturated rings. The number of rotatable bonds is 4. The largest absolute Gasteiger partial charge is 0.418 e. The number of halogens is 4. The van der Waals surface area contributed by atoms with Gasteiger partial charge in [-0.15, -0.1) is 0 Å². The molecule has 0 aliphatic heterocycles. The second kappa shape index (κ2) is 8.40. The average Bonchev–Trinajstić information content (AvgIpc) is 3.06. The minimum Gasteiger partial charge on any atom is -0.379 e. The van der Waals surface area contributed by atoms with Gasteiger partial charge in [-0.05, 0) is 48.9 Å². The van der Waals surface area contributed by atoms with E-state index in [9.17, 15) is 31.5 Å². The van der Waals surface area contributed by atoms with Crippen LogP contribution in [0.3, 0.4) is 0 Å². The molecule has 178 valence electrons. The van der Waals surface area contributed by atoms with Crippen molar-refractivity contribution in [3.05, 3.63) is 64.7 Å². The highest BCUT2D eigenvalue weighted by Gasteiger charge is 2.64. The van der Waals surface area contributed by atoms with Crippen molar-refractivity contribution in [3.8, 4) is 0 Å². The normalized spacial score (nSPS) is 24.2. The number of ketones is 1. The highest BCUT2D eigenvalue weighted by Crippen LogP contribution is 2.58. The van der Waals surface area contributed by atoms with Gasteiger partial charge in [-0.25, -0.2) is 8.42 Å². The number of sulfone groups is 1. The molecule has 2 aromatic carbocycles. The summed E-state index contributed by atoms with van der Waals surface area (Å²) in [7, 11) is -4.34. The van der Waals surface area contributed by atoms with Crippen LogP contribution < -0.4 is 0 Å². The predicted molar refractivity (Wildman–Crippen MR) is 118 cm³/mol. The van der Waals surface area contributed by atoms with Crippen LogP contribution >= 0.6 is 11.6 Å². The van der Waals surface area contributed by atoms with Crippen LogP contribution in [0.2, 0.25) is 5.02 Å². The third kappa shape index (κ3) is 3.80. The lowest BCUT2D eigenvalue weighted by molar-refractivity contribution is -0.206. The summed E-state index contributed by atoms with van der Waals surface area (Å²) in [6.07, 6.45) is -3.33. The molecular formula is C24H24ClF3O4S. The average molecular weight is 501 g/mol. The minimum atomic E-state index is -4.86. The molecule has 2 saturated carbocycles. The molecule has 2 aliphatic carbocycles. The van der Waals surface area contributed by atoms with E-state index in [1.807, 2.05) is 0 Å². The van der Waals surface area contributed by atoms with Crippen molar-refractivity contribution < 1.29 is 31.5 Å². The Hall–Kier alpha value is -1.90. The van der Waals surface area contributed by atoms with Gasteiger partial charge in [0.15, 0.2) is 26.5 Å². The Morgan fingerprint density at radius 1 is 0.909 bits per heavy atom. The lowest BCUT2D eigenvalue weighted by Crippen LogP contribution is -2.45. The zero-order valence-corrected chi connectivity index (χ0v) is 19.3. The topological polar surface area (TPSA) is 71.4 Å². The molecule has 1 N–H and O–H groups in total. The van der Waals surface area contributed by atoms with E-state index >= 15 is 0 Å². The van der Waals surface area contributed by atoms with Crippen LogP contribution in [0.15, 0.2) is 53.4 Å². The Labute approximate surface area is 195 Å². The van der Waals surface area contributed by atoms with E-state index in [0.29, 0.717) is 19.3 Å². The van der Waals surface area contributed by atoms with Gasteiger partial charge in [0.1, 0.15) is 0 Å². The lowest BCUT2D eigenvalue weighted by atomic mass is 9.71. The Bertz CT molecular complexity index is 1150. The van der Waals surface area contributed by atoms with Crippen molar-refractivity contribution in [1.82, 2.24) is 0 Å². The molecule has 33 heavy (non-hydrogen) atoms. The number of Topliss-reactive ketones (excluding diaryl/α,β-unsaturated/α-hetero) is 1. The first-order valence-corrected chi connectivity index (χ1v) is 12.7. The molecule has 2 aliphatic rings. The Morgan fingerprint density at radius 3 is 2.09 bits per heavy atom. The quantitative estimate of drug-likeness (QED) is 0.565. The fourth-order valence-corrected chi connectivity index (χ4v) is 8.11. The molecule has 0 saturated heterocycles. The van der Waals surface area contributed by atoms with Gasteiger partial charge in [-0.1, -0.05) is 67.3 Å². The molecule has 9 heteroatoms. The van der Waals surface area contributed by atoms with Crippen LogP contribution in [0.1, 0.15) is 62.2 Å². The van der Waals surface area contributed by atoms with Gasteiger partial charge in [-0.2, -0.15) is 13.2 Å². The van der Waals surface area contributed by atoms with Crippen LogP contribution in [0.4, 0.5) is 13.2 Å². The minimum absolute atomic E-state index is 0.0154. The highest BCUT2D eigenvalue weighted by atomic mass is 35.5. The van der Waals surface area contributed by atoms with Gasteiger partial charge in [0.2, 0.25) is 0 Å². The molecule has 0 heterocycles. The molecule has 0 bridgehead atoms. The van der Waals surface area contributed by atoms with Crippen molar-refractivity contribution >= 4 is 27.2 Å². The van der Waals surface area contributed by atoms with Crippen LogP contribution in [-0.2, 0) is 19.4 Å². The molecule has 0 aromatic heterocycles. The second-order valence-electron chi connectivity index (χ2n) is 9.00. The van der Waals surface area contributed by atoms with Crippen molar-refractivity contribution in [2.45, 2.75) is 66.9 Å². The third-order valence-corrected chi connectivity index (χ3v) is 10.1. The van der Waals surface area contributed by atoms with Gasteiger partial charge in [0.05, 0.1) is 9.92 Å². The number of hydrogen-bond acceptors (Lipinski definition) is 4. The first-order chi connectivity index (χ1) is 15.5. The Morgan fingerprint density at radius 2 is 1.52 bits per heavy atom. The fourth-order valence-electron chi connectivity index (χ4n) is 5.44. The summed E-state index contributed by atoms with van der Waals surface area (Å²) < 4.78 is 65.0. The Kier molecular flexibility index (Phi) is 6.16. The summed E-state index contributed by atoms with van der Waals surface area (Å²) in [6.45, 7) is 0. The van der Waals surface area contributed by atoms with E-state index in [0.717, 1.165) is 31.4 Å². The maximum atomic E-state index is 14.1. The molecule has 2 aromatic rings. The van der Waals surface area contributed by atoms with E-state index < -0.39 is 43.6 Å². The van der Waals surface area contributed by atoms with Crippen molar-refractivity contribution in [3.63, 3.8) is 0 Å². The molecule has 2 unspecified atom stereocenters. The maximum Gasteiger partial charge on any atom is 0.418 e. The summed E-state index contributed by atoms with van der Waals surface area (Å²) in [4.78, 5) is 13.9. The molecule has 0 amide bonds. The number of aliphatic hydroxyl groups is 1. The Balaban J connectivity index is 1.89. The second-order valence-corrected chi connectivity index (χ2v) is 11.5. The van der Waals surface area contributed by atoms with Crippen LogP contribution in [0.5, 0.6) is 0 Å². The SMILES string of the molecule is O=C1C2(CCCCC2)CCC1(c1ccc(C(O)C(F)(F)F)cc1)S(=O)(=O)c1ccccc1Cl. The van der Waals surface area contributed by atoms with E-state index in [-0.39, 0.29) is 21.9 Å². The van der Waals surface area contributed by atoms with Gasteiger partial charge in [0, 0.05) is 5.41 Å². The number of benzene rings is 2. The molecule has 1 spiro atoms. The number of carbonyl (C=O) groups excluding carboxylic acids is 1. The van der Waals surface area contributed by atoms with Gasteiger partial charge in [-0.3, -0.25) is 4.79 Å². The van der Waals surface area contributed by atoms with Gasteiger partial charge < -0.3 is 5.11 Å². The summed E-state index contributed by atoms with van der Waals surface area (Å²) in [5, 5.41) is 9.56. The summed E-state index contributed by atoms with van der Waals surface area (Å²) >= 11 is 6.23. The zero-order chi connectivity index (χ0) is 24.1. The summed E-state index contributed by atoms with van der Waals surface area (Å²) in [6, 6.07) is 10.4. The van der Waals surface area contributed by atoms with Gasteiger partial charge >= 0.3 is 6.18 Å². The lowest BCUT2D eigenvalue weighted by Gasteiger charge is -2.35. The van der Waals surface area contributed by atoms with Crippen molar-refractivity contribution in [2.75, 3.05) is 0 Å². The third-order valence-electron chi connectivity index (χ3n) is 7.20. The van der Waals surface area contributed by atoms with Gasteiger partial charge in [0.25, 0.3) is 0 Å². The van der Waals surface area contributed by atoms with E-state index in [1.165, 1.54) is 30.3 Å². The standard InChI is InChI=1S/C24H24ClF3O4S/c25-18-6-2-3-7-19(18)33(31,32)23(15-14-22(21(23)30)12-4-1-5-13-22)17-10-8-16(9-11-17)20(29)24(26,27)28/h2-3,6-11,20,29H,1,4-5,12-15H2. The number of alkyl halides is 3. The summed E-state index contributed by atoms with van der Waals surface area (Å²) in [5.41, 5.74) is -1.08. The molecule has 4 nitrogen and oxygen atoms in total. The fraction of sp³-hybridized carbons (Fsp3) is 0.458. The van der Waals surface area contributed by atoms with Crippen LogP contribution in [0, 0.1) is 5.41 Å². The van der Waals surface area contributed by atoms with E-state index in [1.54, 1.807) is 6.07 Å². The maximum absolute atomic E-state index is 14.1.